The van der Waals surface area contributed by atoms with Crippen LogP contribution in [0.5, 0.6) is 5.75 Å². The maximum atomic E-state index is 14.3. The van der Waals surface area contributed by atoms with E-state index >= 15 is 0 Å². The SMILES string of the molecule is CCOc1ccc([C@H](C(=O)NCc2ccccc2)N(C(=O)c2snc(C(N)=O)c2N)c2cccc(C)c2C)cc1. The Morgan fingerprint density at radius 1 is 1.00 bits per heavy atom. The predicted molar refractivity (Wildman–Crippen MR) is 156 cm³/mol. The molecule has 0 radical (unpaired) electrons. The number of nitrogens with one attached hydrogen (secondary N) is 1. The average molecular weight is 558 g/mol. The highest BCUT2D eigenvalue weighted by Gasteiger charge is 2.36. The van der Waals surface area contributed by atoms with Crippen molar-refractivity contribution in [3.63, 3.8) is 0 Å². The van der Waals surface area contributed by atoms with Crippen LogP contribution in [0.15, 0.2) is 72.8 Å². The molecule has 0 bridgehead atoms. The van der Waals surface area contributed by atoms with E-state index in [-0.39, 0.29) is 22.8 Å². The summed E-state index contributed by atoms with van der Waals surface area (Å²) in [4.78, 5) is 41.6. The third kappa shape index (κ3) is 5.97. The Morgan fingerprint density at radius 2 is 1.70 bits per heavy atom. The van der Waals surface area contributed by atoms with E-state index in [1.807, 2.05) is 63.2 Å². The van der Waals surface area contributed by atoms with E-state index in [1.165, 1.54) is 4.90 Å². The predicted octanol–water partition coefficient (Wildman–Crippen LogP) is 4.54. The standard InChI is InChI=1S/C30H31N5O4S/c1-4-39-22-15-13-21(14-16-22)26(29(37)33-17-20-10-6-5-7-11-20)35(23-12-8-9-18(2)19(23)3)30(38)27-24(31)25(28(32)36)34-40-27/h5-16,26H,4,17,31H2,1-3H3,(H2,32,36)(H,33,37)/t26-/m1/s1. The van der Waals surface area contributed by atoms with Crippen LogP contribution < -0.4 is 26.4 Å². The molecule has 0 fully saturated rings. The normalized spacial score (nSPS) is 11.5. The van der Waals surface area contributed by atoms with Gasteiger partial charge in [-0.2, -0.15) is 4.37 Å². The molecule has 1 aromatic heterocycles. The van der Waals surface area contributed by atoms with Gasteiger partial charge in [-0.1, -0.05) is 54.6 Å². The maximum absolute atomic E-state index is 14.3. The van der Waals surface area contributed by atoms with Gasteiger partial charge in [-0.15, -0.1) is 0 Å². The van der Waals surface area contributed by atoms with E-state index in [0.717, 1.165) is 28.2 Å². The highest BCUT2D eigenvalue weighted by molar-refractivity contribution is 7.09. The number of benzene rings is 3. The minimum Gasteiger partial charge on any atom is -0.494 e. The van der Waals surface area contributed by atoms with Crippen molar-refractivity contribution in [1.29, 1.82) is 0 Å². The van der Waals surface area contributed by atoms with E-state index in [9.17, 15) is 14.4 Å². The summed E-state index contributed by atoms with van der Waals surface area (Å²) in [6, 6.07) is 20.9. The number of primary amides is 1. The number of aryl methyl sites for hydroxylation is 1. The summed E-state index contributed by atoms with van der Waals surface area (Å²) in [6.45, 7) is 6.44. The lowest BCUT2D eigenvalue weighted by Crippen LogP contribution is -2.44. The van der Waals surface area contributed by atoms with Crippen LogP contribution in [0.1, 0.15) is 55.4 Å². The quantitative estimate of drug-likeness (QED) is 0.261. The molecule has 1 heterocycles. The van der Waals surface area contributed by atoms with E-state index in [0.29, 0.717) is 23.6 Å². The van der Waals surface area contributed by atoms with Crippen LogP contribution in [-0.4, -0.2) is 28.7 Å². The molecule has 3 amide bonds. The molecule has 0 unspecified atom stereocenters. The number of nitrogens with two attached hydrogens (primary N) is 2. The zero-order valence-corrected chi connectivity index (χ0v) is 23.3. The van der Waals surface area contributed by atoms with Crippen LogP contribution in [0.2, 0.25) is 0 Å². The van der Waals surface area contributed by atoms with Crippen molar-refractivity contribution in [1.82, 2.24) is 9.69 Å². The molecule has 0 spiro atoms. The van der Waals surface area contributed by atoms with Gasteiger partial charge in [0, 0.05) is 12.2 Å². The van der Waals surface area contributed by atoms with Gasteiger partial charge >= 0.3 is 0 Å². The molecule has 9 nitrogen and oxygen atoms in total. The molecule has 206 valence electrons. The summed E-state index contributed by atoms with van der Waals surface area (Å²) in [5.41, 5.74) is 15.0. The first-order valence-electron chi connectivity index (χ1n) is 12.7. The average Bonchev–Trinajstić information content (AvgIpc) is 3.34. The van der Waals surface area contributed by atoms with Crippen LogP contribution in [0.25, 0.3) is 0 Å². The Kier molecular flexibility index (Phi) is 8.80. The van der Waals surface area contributed by atoms with Crippen LogP contribution in [0, 0.1) is 13.8 Å². The van der Waals surface area contributed by atoms with Gasteiger partial charge in [0.25, 0.3) is 11.8 Å². The van der Waals surface area contributed by atoms with Crippen molar-refractivity contribution in [3.8, 4) is 5.75 Å². The van der Waals surface area contributed by atoms with Gasteiger partial charge in [0.05, 0.1) is 12.3 Å². The zero-order chi connectivity index (χ0) is 28.8. The van der Waals surface area contributed by atoms with Crippen LogP contribution in [0.4, 0.5) is 11.4 Å². The number of nitrogen functional groups attached to an aromatic ring is 1. The molecule has 5 N–H and O–H groups in total. The minimum atomic E-state index is -1.09. The summed E-state index contributed by atoms with van der Waals surface area (Å²) in [6.07, 6.45) is 0. The second kappa shape index (κ2) is 12.4. The molecule has 0 aliphatic rings. The van der Waals surface area contributed by atoms with Gasteiger partial charge in [0.15, 0.2) is 5.69 Å². The van der Waals surface area contributed by atoms with E-state index in [1.54, 1.807) is 30.3 Å². The second-order valence-corrected chi connectivity index (χ2v) is 9.91. The summed E-state index contributed by atoms with van der Waals surface area (Å²) in [5, 5.41) is 2.98. The van der Waals surface area contributed by atoms with Gasteiger partial charge in [-0.05, 0) is 72.8 Å². The zero-order valence-electron chi connectivity index (χ0n) is 22.5. The molecule has 0 saturated heterocycles. The van der Waals surface area contributed by atoms with Crippen molar-refractivity contribution >= 4 is 40.6 Å². The lowest BCUT2D eigenvalue weighted by atomic mass is 9.99. The van der Waals surface area contributed by atoms with Gasteiger partial charge in [-0.25, -0.2) is 0 Å². The Hall–Kier alpha value is -4.70. The lowest BCUT2D eigenvalue weighted by molar-refractivity contribution is -0.122. The molecule has 1 atom stereocenters. The molecular formula is C30H31N5O4S. The number of nitrogens with zero attached hydrogens (tertiary/aromatic N) is 2. The number of aromatic nitrogens is 1. The number of hydrogen-bond acceptors (Lipinski definition) is 7. The summed E-state index contributed by atoms with van der Waals surface area (Å²) in [5.74, 6) is -1.18. The monoisotopic (exact) mass is 557 g/mol. The maximum Gasteiger partial charge on any atom is 0.273 e. The molecule has 3 aromatic carbocycles. The number of rotatable bonds is 10. The third-order valence-corrected chi connectivity index (χ3v) is 7.38. The molecule has 4 aromatic rings. The molecule has 10 heteroatoms. The first kappa shape index (κ1) is 28.3. The molecular weight excluding hydrogens is 526 g/mol. The summed E-state index contributed by atoms with van der Waals surface area (Å²) >= 11 is 0.770. The number of anilines is 2. The summed E-state index contributed by atoms with van der Waals surface area (Å²) < 4.78 is 9.61. The topological polar surface area (TPSA) is 141 Å². The Labute approximate surface area is 236 Å². The van der Waals surface area contributed by atoms with Crippen LogP contribution >= 0.6 is 11.5 Å². The van der Waals surface area contributed by atoms with E-state index in [4.69, 9.17) is 16.2 Å². The lowest BCUT2D eigenvalue weighted by Gasteiger charge is -2.33. The number of carbonyl (C=O) groups is 3. The smallest absolute Gasteiger partial charge is 0.273 e. The van der Waals surface area contributed by atoms with Gasteiger partial charge in [0.2, 0.25) is 5.91 Å². The van der Waals surface area contributed by atoms with Gasteiger partial charge < -0.3 is 21.5 Å². The fraction of sp³-hybridized carbons (Fsp3) is 0.200. The molecule has 0 saturated carbocycles. The highest BCUT2D eigenvalue weighted by Crippen LogP contribution is 2.36. The van der Waals surface area contributed by atoms with Crippen LogP contribution in [-0.2, 0) is 11.3 Å². The number of ether oxygens (including phenoxy) is 1. The Balaban J connectivity index is 1.87. The van der Waals surface area contributed by atoms with Crippen molar-refractivity contribution < 1.29 is 19.1 Å². The fourth-order valence-electron chi connectivity index (χ4n) is 4.31. The first-order valence-corrected chi connectivity index (χ1v) is 13.5. The first-order chi connectivity index (χ1) is 19.2. The summed E-state index contributed by atoms with van der Waals surface area (Å²) in [7, 11) is 0. The number of carbonyl (C=O) groups excluding carboxylic acids is 3. The van der Waals surface area contributed by atoms with Crippen molar-refractivity contribution in [2.24, 2.45) is 5.73 Å². The highest BCUT2D eigenvalue weighted by atomic mass is 32.1. The number of amides is 3. The van der Waals surface area contributed by atoms with E-state index in [2.05, 4.69) is 9.69 Å². The third-order valence-electron chi connectivity index (χ3n) is 6.53. The van der Waals surface area contributed by atoms with Gasteiger partial charge in [-0.3, -0.25) is 19.3 Å². The largest absolute Gasteiger partial charge is 0.494 e. The fourth-order valence-corrected chi connectivity index (χ4v) is 5.06. The van der Waals surface area contributed by atoms with Crippen molar-refractivity contribution in [2.75, 3.05) is 17.2 Å². The van der Waals surface area contributed by atoms with Crippen molar-refractivity contribution in [3.05, 3.63) is 106 Å². The molecule has 0 aliphatic heterocycles. The molecule has 4 rings (SSSR count). The molecule has 40 heavy (non-hydrogen) atoms. The van der Waals surface area contributed by atoms with Crippen molar-refractivity contribution in [2.45, 2.75) is 33.4 Å². The van der Waals surface area contributed by atoms with E-state index < -0.39 is 23.8 Å². The minimum absolute atomic E-state index is 0.0153. The Morgan fingerprint density at radius 3 is 2.33 bits per heavy atom. The van der Waals surface area contributed by atoms with Gasteiger partial charge in [0.1, 0.15) is 16.7 Å². The number of hydrogen-bond donors (Lipinski definition) is 3. The molecule has 0 aliphatic carbocycles. The second-order valence-electron chi connectivity index (χ2n) is 9.14. The Bertz CT molecular complexity index is 1520. The van der Waals surface area contributed by atoms with Crippen LogP contribution in [0.3, 0.4) is 0 Å².